The van der Waals surface area contributed by atoms with Crippen molar-refractivity contribution in [1.29, 1.82) is 0 Å². The number of amides is 1. The van der Waals surface area contributed by atoms with E-state index in [2.05, 4.69) is 33.7 Å². The highest BCUT2D eigenvalue weighted by Gasteiger charge is 2.33. The zero-order chi connectivity index (χ0) is 13.7. The van der Waals surface area contributed by atoms with Crippen LogP contribution in [0.1, 0.15) is 55.5 Å². The largest absolute Gasteiger partial charge is 0.348 e. The van der Waals surface area contributed by atoms with E-state index in [-0.39, 0.29) is 16.5 Å². The fourth-order valence-corrected chi connectivity index (χ4v) is 3.45. The van der Waals surface area contributed by atoms with Gasteiger partial charge in [0.2, 0.25) is 5.82 Å². The van der Waals surface area contributed by atoms with Gasteiger partial charge in [0.05, 0.1) is 0 Å². The van der Waals surface area contributed by atoms with Gasteiger partial charge in [0.1, 0.15) is 5.82 Å². The highest BCUT2D eigenvalue weighted by atomic mass is 32.2. The van der Waals surface area contributed by atoms with Gasteiger partial charge in [-0.05, 0) is 25.5 Å². The summed E-state index contributed by atoms with van der Waals surface area (Å²) in [6, 6.07) is 0. The Morgan fingerprint density at radius 3 is 2.84 bits per heavy atom. The first kappa shape index (κ1) is 14.4. The minimum Gasteiger partial charge on any atom is -0.348 e. The van der Waals surface area contributed by atoms with E-state index in [0.717, 1.165) is 18.7 Å². The molecule has 0 bridgehead atoms. The molecule has 1 heterocycles. The summed E-state index contributed by atoms with van der Waals surface area (Å²) in [5.74, 6) is 0.879. The van der Waals surface area contributed by atoms with Crippen LogP contribution in [-0.4, -0.2) is 38.6 Å². The van der Waals surface area contributed by atoms with Crippen LogP contribution >= 0.6 is 11.8 Å². The first-order valence-corrected chi connectivity index (χ1v) is 8.16. The lowest BCUT2D eigenvalue weighted by Gasteiger charge is -2.26. The van der Waals surface area contributed by atoms with Crippen molar-refractivity contribution < 1.29 is 4.79 Å². The fraction of sp³-hybridized carbons (Fsp3) is 0.769. The van der Waals surface area contributed by atoms with E-state index in [1.165, 1.54) is 25.7 Å². The van der Waals surface area contributed by atoms with Crippen molar-refractivity contribution in [2.24, 2.45) is 0 Å². The molecule has 6 heteroatoms. The third kappa shape index (κ3) is 3.49. The predicted molar refractivity (Wildman–Crippen MR) is 77.4 cm³/mol. The first-order chi connectivity index (χ1) is 9.19. The third-order valence-electron chi connectivity index (χ3n) is 3.74. The van der Waals surface area contributed by atoms with E-state index in [1.54, 1.807) is 0 Å². The molecule has 0 atom stereocenters. The predicted octanol–water partition coefficient (Wildman–Crippen LogP) is 2.16. The van der Waals surface area contributed by atoms with Crippen LogP contribution < -0.4 is 5.32 Å². The second-order valence-corrected chi connectivity index (χ2v) is 6.41. The van der Waals surface area contributed by atoms with Crippen molar-refractivity contribution in [3.05, 3.63) is 11.6 Å². The number of aromatic amines is 1. The van der Waals surface area contributed by atoms with Crippen LogP contribution in [0.4, 0.5) is 0 Å². The van der Waals surface area contributed by atoms with Crippen molar-refractivity contribution in [3.63, 3.8) is 0 Å². The van der Waals surface area contributed by atoms with Gasteiger partial charge in [-0.1, -0.05) is 19.8 Å². The summed E-state index contributed by atoms with van der Waals surface area (Å²) in [5.41, 5.74) is 0. The zero-order valence-corrected chi connectivity index (χ0v) is 12.5. The van der Waals surface area contributed by atoms with E-state index in [0.29, 0.717) is 6.54 Å². The molecule has 1 aromatic heterocycles. The van der Waals surface area contributed by atoms with Crippen LogP contribution in [0.2, 0.25) is 0 Å². The molecular formula is C13H22N4OS. The lowest BCUT2D eigenvalue weighted by Crippen LogP contribution is -2.38. The molecule has 5 nitrogen and oxygen atoms in total. The van der Waals surface area contributed by atoms with Crippen molar-refractivity contribution in [2.45, 2.75) is 50.2 Å². The molecule has 0 spiro atoms. The molecule has 0 unspecified atom stereocenters. The molecule has 19 heavy (non-hydrogen) atoms. The second kappa shape index (κ2) is 6.41. The minimum atomic E-state index is -0.168. The van der Waals surface area contributed by atoms with Crippen LogP contribution in [0, 0.1) is 0 Å². The maximum Gasteiger partial charge on any atom is 0.291 e. The molecule has 1 fully saturated rings. The normalized spacial score (nSPS) is 17.6. The van der Waals surface area contributed by atoms with Gasteiger partial charge in [0.15, 0.2) is 0 Å². The number of carbonyl (C=O) groups is 1. The lowest BCUT2D eigenvalue weighted by molar-refractivity contribution is 0.0939. The van der Waals surface area contributed by atoms with Gasteiger partial charge in [0, 0.05) is 17.7 Å². The summed E-state index contributed by atoms with van der Waals surface area (Å²) in [7, 11) is 0. The quantitative estimate of drug-likeness (QED) is 0.839. The molecule has 1 aliphatic rings. The van der Waals surface area contributed by atoms with Crippen molar-refractivity contribution in [2.75, 3.05) is 12.8 Å². The van der Waals surface area contributed by atoms with Gasteiger partial charge in [-0.25, -0.2) is 4.98 Å². The van der Waals surface area contributed by atoms with E-state index >= 15 is 0 Å². The Balaban J connectivity index is 1.89. The van der Waals surface area contributed by atoms with E-state index in [4.69, 9.17) is 0 Å². The minimum absolute atomic E-state index is 0.168. The van der Waals surface area contributed by atoms with Crippen molar-refractivity contribution >= 4 is 17.7 Å². The molecule has 106 valence electrons. The summed E-state index contributed by atoms with van der Waals surface area (Å²) in [4.78, 5) is 16.2. The maximum absolute atomic E-state index is 12.0. The summed E-state index contributed by atoms with van der Waals surface area (Å²) in [6.45, 7) is 2.79. The summed E-state index contributed by atoms with van der Waals surface area (Å²) in [5, 5.41) is 9.77. The highest BCUT2D eigenvalue weighted by molar-refractivity contribution is 8.00. The number of nitrogens with one attached hydrogen (secondary N) is 2. The molecule has 1 aliphatic carbocycles. The zero-order valence-electron chi connectivity index (χ0n) is 11.7. The average molecular weight is 282 g/mol. The number of thioether (sulfide) groups is 1. The topological polar surface area (TPSA) is 70.7 Å². The number of aromatic nitrogens is 3. The molecule has 0 aliphatic heterocycles. The number of rotatable bonds is 6. The van der Waals surface area contributed by atoms with Gasteiger partial charge in [-0.15, -0.1) is 5.10 Å². The van der Waals surface area contributed by atoms with Crippen LogP contribution in [0.15, 0.2) is 0 Å². The van der Waals surface area contributed by atoms with Gasteiger partial charge in [-0.3, -0.25) is 9.89 Å². The molecule has 2 rings (SSSR count). The van der Waals surface area contributed by atoms with Gasteiger partial charge in [-0.2, -0.15) is 11.8 Å². The van der Waals surface area contributed by atoms with Gasteiger partial charge in [0.25, 0.3) is 5.91 Å². The Bertz CT molecular complexity index is 426. The Hall–Kier alpha value is -1.04. The monoisotopic (exact) mass is 282 g/mol. The smallest absolute Gasteiger partial charge is 0.291 e. The Morgan fingerprint density at radius 2 is 2.21 bits per heavy atom. The Morgan fingerprint density at radius 1 is 1.47 bits per heavy atom. The molecule has 0 saturated heterocycles. The molecule has 2 N–H and O–H groups in total. The molecule has 0 aromatic carbocycles. The summed E-state index contributed by atoms with van der Waals surface area (Å²) >= 11 is 1.87. The van der Waals surface area contributed by atoms with Gasteiger partial charge < -0.3 is 5.32 Å². The molecule has 0 radical (unpaired) electrons. The number of H-pyrrole nitrogens is 1. The Labute approximate surface area is 118 Å². The third-order valence-corrected chi connectivity index (χ3v) is 5.16. The van der Waals surface area contributed by atoms with E-state index < -0.39 is 0 Å². The Kier molecular flexibility index (Phi) is 4.85. The van der Waals surface area contributed by atoms with E-state index in [9.17, 15) is 4.79 Å². The molecule has 1 saturated carbocycles. The number of hydrogen-bond donors (Lipinski definition) is 2. The lowest BCUT2D eigenvalue weighted by atomic mass is 10.1. The average Bonchev–Trinajstić information content (AvgIpc) is 3.06. The standard InChI is InChI=1S/C13H22N4OS/c1-3-6-10-15-11(17-16-10)12(18)14-9-13(19-2)7-4-5-8-13/h3-9H2,1-2H3,(H,14,18)(H,15,16,17). The number of aryl methyl sites for hydroxylation is 1. The fourth-order valence-electron chi connectivity index (χ4n) is 2.54. The highest BCUT2D eigenvalue weighted by Crippen LogP contribution is 2.39. The maximum atomic E-state index is 12.0. The first-order valence-electron chi connectivity index (χ1n) is 6.94. The SMILES string of the molecule is CCCc1nc(C(=O)NCC2(SC)CCCC2)n[nH]1. The van der Waals surface area contributed by atoms with Crippen LogP contribution in [0.3, 0.4) is 0 Å². The second-order valence-electron chi connectivity index (χ2n) is 5.13. The number of carbonyl (C=O) groups excluding carboxylic acids is 1. The van der Waals surface area contributed by atoms with Crippen LogP contribution in [0.5, 0.6) is 0 Å². The summed E-state index contributed by atoms with van der Waals surface area (Å²) in [6.07, 6.45) is 8.84. The van der Waals surface area contributed by atoms with Gasteiger partial charge >= 0.3 is 0 Å². The molecule has 1 aromatic rings. The van der Waals surface area contributed by atoms with Crippen molar-refractivity contribution in [1.82, 2.24) is 20.5 Å². The number of nitrogens with zero attached hydrogens (tertiary/aromatic N) is 2. The van der Waals surface area contributed by atoms with Crippen LogP contribution in [0.25, 0.3) is 0 Å². The molecular weight excluding hydrogens is 260 g/mol. The van der Waals surface area contributed by atoms with Crippen molar-refractivity contribution in [3.8, 4) is 0 Å². The van der Waals surface area contributed by atoms with E-state index in [1.807, 2.05) is 11.8 Å². The molecule has 1 amide bonds. The summed E-state index contributed by atoms with van der Waals surface area (Å²) < 4.78 is 0.220. The number of hydrogen-bond acceptors (Lipinski definition) is 4. The van der Waals surface area contributed by atoms with Crippen LogP contribution in [-0.2, 0) is 6.42 Å².